The van der Waals surface area contributed by atoms with Gasteiger partial charge in [-0.25, -0.2) is 9.97 Å². The second-order valence-corrected chi connectivity index (χ2v) is 10.3. The predicted octanol–water partition coefficient (Wildman–Crippen LogP) is 10.2. The Balaban J connectivity index is 1.48. The zero-order chi connectivity index (χ0) is 52.2. The van der Waals surface area contributed by atoms with Gasteiger partial charge in [0.15, 0.2) is 11.6 Å². The summed E-state index contributed by atoms with van der Waals surface area (Å²) in [4.78, 5) is 17.9. The summed E-state index contributed by atoms with van der Waals surface area (Å²) in [5, 5.41) is -1.16. The Hall–Kier alpha value is -5.98. The number of hydrogen-bond acceptors (Lipinski definition) is 5. The minimum absolute atomic E-state index is 0.210. The molecule has 0 aliphatic carbocycles. The third kappa shape index (κ3) is 4.47. The standard InChI is InChI=1S/C40H25N5S/c1-3-12-26(13-4-1)27-22-24-28(25-23-27)37-42-38(32-18-11-21-35-36(32)41-39(46-35)29-14-5-2-6-15-29)44-40(43-37)45-33-19-9-7-16-30(33)31-17-8-10-20-34(31)45/h1-25H/i1D,2D,3D,4D,5D,6D,7D,8D,9D,10D,11D,12D,13D,14D,15D,16D,17D,18D,19D,20D,21D,22D,23D,24D,25D. The van der Waals surface area contributed by atoms with Gasteiger partial charge in [0, 0.05) is 27.5 Å². The van der Waals surface area contributed by atoms with Crippen molar-refractivity contribution in [3.63, 3.8) is 0 Å². The highest BCUT2D eigenvalue weighted by Crippen LogP contribution is 2.37. The first-order chi connectivity index (χ1) is 33.2. The van der Waals surface area contributed by atoms with Crippen molar-refractivity contribution in [3.8, 4) is 50.4 Å². The molecule has 0 bridgehead atoms. The number of aromatic nitrogens is 5. The molecule has 0 N–H and O–H groups in total. The first kappa shape index (κ1) is 11.4. The average molecular weight is 633 g/mol. The first-order valence-corrected chi connectivity index (χ1v) is 13.9. The van der Waals surface area contributed by atoms with E-state index in [-0.39, 0.29) is 15.2 Å². The van der Waals surface area contributed by atoms with Crippen molar-refractivity contribution in [1.82, 2.24) is 24.5 Å². The van der Waals surface area contributed by atoms with Crippen molar-refractivity contribution in [1.29, 1.82) is 0 Å². The van der Waals surface area contributed by atoms with Crippen LogP contribution in [0.5, 0.6) is 0 Å². The third-order valence-corrected chi connectivity index (χ3v) is 7.61. The van der Waals surface area contributed by atoms with Gasteiger partial charge in [0.25, 0.3) is 0 Å². The van der Waals surface area contributed by atoms with E-state index in [2.05, 4.69) is 19.9 Å². The van der Waals surface area contributed by atoms with Crippen LogP contribution in [0.1, 0.15) is 34.3 Å². The lowest BCUT2D eigenvalue weighted by Gasteiger charge is -2.11. The van der Waals surface area contributed by atoms with Gasteiger partial charge in [-0.15, -0.1) is 11.3 Å². The lowest BCUT2D eigenvalue weighted by Crippen LogP contribution is -2.06. The Morgan fingerprint density at radius 2 is 1.02 bits per heavy atom. The highest BCUT2D eigenvalue weighted by atomic mass is 32.1. The third-order valence-electron chi connectivity index (χ3n) is 6.62. The fraction of sp³-hybridized carbons (Fsp3) is 0. The van der Waals surface area contributed by atoms with Crippen molar-refractivity contribution in [2.75, 3.05) is 0 Å². The van der Waals surface area contributed by atoms with E-state index in [9.17, 15) is 4.11 Å². The normalized spacial score (nSPS) is 19.1. The molecule has 5 nitrogen and oxygen atoms in total. The van der Waals surface area contributed by atoms with Gasteiger partial charge in [0.05, 0.1) is 55.5 Å². The van der Waals surface area contributed by atoms with Crippen LogP contribution < -0.4 is 0 Å². The van der Waals surface area contributed by atoms with E-state index in [1.54, 1.807) is 0 Å². The molecule has 6 aromatic carbocycles. The SMILES string of the molecule is [2H]c1c([2H])c([2H])c(-c2nc3c(-c4nc(-c5c([2H])c([2H])c(-c6c([2H])c([2H])c([2H])c([2H])c6[2H])c([2H])c5[2H])nc(-n5c6c([2H])c([2H])c([2H])c([2H])c6c6c([2H])c([2H])c([2H])c([2H])c65)n4)c([2H])c([2H])c([2H])c3s2)c([2H])c1[2H]. The van der Waals surface area contributed by atoms with Crippen LogP contribution >= 0.6 is 11.3 Å². The molecule has 0 atom stereocenters. The van der Waals surface area contributed by atoms with E-state index in [1.165, 1.54) is 0 Å². The van der Waals surface area contributed by atoms with Crippen LogP contribution in [0.4, 0.5) is 0 Å². The molecule has 0 saturated carbocycles. The van der Waals surface area contributed by atoms with Crippen LogP contribution in [0, 0.1) is 0 Å². The molecule has 216 valence electrons. The Kier molecular flexibility index (Phi) is 2.70. The molecule has 0 spiro atoms. The van der Waals surface area contributed by atoms with E-state index in [4.69, 9.17) is 30.2 Å². The van der Waals surface area contributed by atoms with E-state index in [0.29, 0.717) is 11.3 Å². The lowest BCUT2D eigenvalue weighted by atomic mass is 10.0. The molecule has 3 aromatic heterocycles. The maximum absolute atomic E-state index is 9.25. The minimum atomic E-state index is -0.988. The Bertz CT molecular complexity index is 3800. The molecule has 0 unspecified atom stereocenters. The number of rotatable bonds is 5. The molecule has 46 heavy (non-hydrogen) atoms. The van der Waals surface area contributed by atoms with E-state index in [1.807, 2.05) is 0 Å². The molecular weight excluding hydrogens is 583 g/mol. The summed E-state index contributed by atoms with van der Waals surface area (Å²) in [6.45, 7) is 0. The van der Waals surface area contributed by atoms with Crippen molar-refractivity contribution in [3.05, 3.63) is 151 Å². The van der Waals surface area contributed by atoms with Gasteiger partial charge in [-0.05, 0) is 35.3 Å². The maximum atomic E-state index is 9.25. The van der Waals surface area contributed by atoms with Crippen LogP contribution in [0.15, 0.2) is 151 Å². The summed E-state index contributed by atoms with van der Waals surface area (Å²) in [5.41, 5.74) is -4.62. The zero-order valence-corrected chi connectivity index (χ0v) is 23.5. The highest BCUT2D eigenvalue weighted by molar-refractivity contribution is 7.21. The zero-order valence-electron chi connectivity index (χ0n) is 47.6. The number of hydrogen-bond donors (Lipinski definition) is 0. The molecule has 3 heterocycles. The van der Waals surface area contributed by atoms with Gasteiger partial charge in [-0.1, -0.05) is 127 Å². The summed E-state index contributed by atoms with van der Waals surface area (Å²) < 4.78 is 218. The van der Waals surface area contributed by atoms with Gasteiger partial charge in [0.1, 0.15) is 5.01 Å². The van der Waals surface area contributed by atoms with E-state index >= 15 is 0 Å². The topological polar surface area (TPSA) is 56.5 Å². The second kappa shape index (κ2) is 10.9. The van der Waals surface area contributed by atoms with Gasteiger partial charge >= 0.3 is 0 Å². The Labute approximate surface area is 304 Å². The maximum Gasteiger partial charge on any atom is 0.238 e. The molecule has 9 aromatic rings. The second-order valence-electron chi connectivity index (χ2n) is 9.26. The smallest absolute Gasteiger partial charge is 0.238 e. The molecule has 0 aliphatic rings. The fourth-order valence-electron chi connectivity index (χ4n) is 4.64. The Morgan fingerprint density at radius 1 is 0.457 bits per heavy atom. The average Bonchev–Trinajstić information content (AvgIpc) is 3.94. The summed E-state index contributed by atoms with van der Waals surface area (Å²) in [6, 6.07) is -20.4. The van der Waals surface area contributed by atoms with Crippen LogP contribution in [0.2, 0.25) is 0 Å². The number of fused-ring (bicyclic) bond motifs is 4. The van der Waals surface area contributed by atoms with Crippen LogP contribution in [0.3, 0.4) is 0 Å². The summed E-state index contributed by atoms with van der Waals surface area (Å²) in [6.07, 6.45) is 0. The quantitative estimate of drug-likeness (QED) is 0.189. The molecular formula is C40H25N5S. The minimum Gasteiger partial charge on any atom is -0.278 e. The fourth-order valence-corrected chi connectivity index (χ4v) is 5.52. The largest absolute Gasteiger partial charge is 0.278 e. The summed E-state index contributed by atoms with van der Waals surface area (Å²) >= 11 is 0.600. The lowest BCUT2D eigenvalue weighted by molar-refractivity contribution is 0.954. The Morgan fingerprint density at radius 3 is 1.72 bits per heavy atom. The van der Waals surface area contributed by atoms with Gasteiger partial charge < -0.3 is 0 Å². The number of thiazole rings is 1. The summed E-state index contributed by atoms with van der Waals surface area (Å²) in [5.74, 6) is -2.38. The monoisotopic (exact) mass is 632 g/mol. The van der Waals surface area contributed by atoms with E-state index < -0.39 is 218 Å². The molecule has 6 heteroatoms. The van der Waals surface area contributed by atoms with Gasteiger partial charge in [0.2, 0.25) is 5.95 Å². The van der Waals surface area contributed by atoms with Crippen molar-refractivity contribution in [2.45, 2.75) is 0 Å². The van der Waals surface area contributed by atoms with Crippen molar-refractivity contribution in [2.24, 2.45) is 0 Å². The molecule has 0 saturated heterocycles. The van der Waals surface area contributed by atoms with Gasteiger partial charge in [-0.3, -0.25) is 4.57 Å². The van der Waals surface area contributed by atoms with Crippen LogP contribution in [-0.2, 0) is 0 Å². The number of nitrogens with zero attached hydrogens (tertiary/aromatic N) is 5. The molecule has 0 aliphatic heterocycles. The number of para-hydroxylation sites is 3. The van der Waals surface area contributed by atoms with Crippen molar-refractivity contribution >= 4 is 43.4 Å². The highest BCUT2D eigenvalue weighted by Gasteiger charge is 2.20. The van der Waals surface area contributed by atoms with Crippen molar-refractivity contribution < 1.29 is 34.3 Å². The first-order valence-electron chi connectivity index (χ1n) is 25.6. The predicted molar refractivity (Wildman–Crippen MR) is 189 cm³/mol. The van der Waals surface area contributed by atoms with Crippen LogP contribution in [-0.4, -0.2) is 24.5 Å². The molecule has 0 radical (unpaired) electrons. The van der Waals surface area contributed by atoms with Crippen LogP contribution in [0.25, 0.3) is 82.4 Å². The molecule has 9 rings (SSSR count). The van der Waals surface area contributed by atoms with E-state index in [0.717, 1.165) is 4.57 Å². The summed E-state index contributed by atoms with van der Waals surface area (Å²) in [7, 11) is 0. The number of benzene rings is 6. The molecule has 0 amide bonds. The van der Waals surface area contributed by atoms with Gasteiger partial charge in [-0.2, -0.15) is 9.97 Å². The molecule has 0 fully saturated rings.